The maximum absolute atomic E-state index is 8.83. The molecule has 0 aliphatic rings. The van der Waals surface area contributed by atoms with Crippen LogP contribution in [0, 0.1) is 11.3 Å². The molecule has 0 saturated carbocycles. The van der Waals surface area contributed by atoms with E-state index in [-0.39, 0.29) is 10.8 Å². The first-order valence-corrected chi connectivity index (χ1v) is 6.78. The van der Waals surface area contributed by atoms with Gasteiger partial charge in [-0.25, -0.2) is 0 Å². The normalized spacial score (nSPS) is 13.3. The van der Waals surface area contributed by atoms with Gasteiger partial charge in [-0.2, -0.15) is 5.26 Å². The van der Waals surface area contributed by atoms with E-state index in [1.54, 1.807) is 6.08 Å². The third kappa shape index (κ3) is 3.96. The van der Waals surface area contributed by atoms with Gasteiger partial charge in [-0.3, -0.25) is 0 Å². The lowest BCUT2D eigenvalue weighted by molar-refractivity contribution is 0.568. The van der Waals surface area contributed by atoms with Gasteiger partial charge in [0.2, 0.25) is 0 Å². The molecule has 102 valence electrons. The first-order valence-electron chi connectivity index (χ1n) is 6.78. The largest absolute Gasteiger partial charge is 0.193 e. The second-order valence-corrected chi connectivity index (χ2v) is 7.26. The highest BCUT2D eigenvalue weighted by Crippen LogP contribution is 2.32. The smallest absolute Gasteiger partial charge is 0.0915 e. The van der Waals surface area contributed by atoms with Gasteiger partial charge in [-0.1, -0.05) is 59.7 Å². The lowest BCUT2D eigenvalue weighted by atomic mass is 9.79. The van der Waals surface area contributed by atoms with Crippen molar-refractivity contribution in [3.8, 4) is 6.07 Å². The topological polar surface area (TPSA) is 23.8 Å². The third-order valence-corrected chi connectivity index (χ3v) is 3.40. The molecule has 0 atom stereocenters. The molecule has 1 heteroatoms. The highest BCUT2D eigenvalue weighted by molar-refractivity contribution is 5.67. The van der Waals surface area contributed by atoms with Gasteiger partial charge in [0.1, 0.15) is 0 Å². The Balaban J connectivity index is 3.51. The first kappa shape index (κ1) is 15.5. The van der Waals surface area contributed by atoms with Crippen molar-refractivity contribution in [3.63, 3.8) is 0 Å². The average molecular weight is 255 g/mol. The highest BCUT2D eigenvalue weighted by Gasteiger charge is 2.20. The highest BCUT2D eigenvalue weighted by atomic mass is 14.3. The SMILES string of the molecule is CC(=CC#N)c1cc(C(C)(C)C)cc(C(C)(C)C)c1. The van der Waals surface area contributed by atoms with Crippen molar-refractivity contribution in [2.75, 3.05) is 0 Å². The molecule has 19 heavy (non-hydrogen) atoms. The second kappa shape index (κ2) is 5.21. The van der Waals surface area contributed by atoms with Gasteiger partial charge in [0, 0.05) is 6.08 Å². The van der Waals surface area contributed by atoms with Crippen LogP contribution in [0.5, 0.6) is 0 Å². The van der Waals surface area contributed by atoms with Crippen LogP contribution in [-0.2, 0) is 10.8 Å². The summed E-state index contributed by atoms with van der Waals surface area (Å²) in [4.78, 5) is 0. The van der Waals surface area contributed by atoms with Crippen LogP contribution in [0.15, 0.2) is 24.3 Å². The molecule has 0 radical (unpaired) electrons. The van der Waals surface area contributed by atoms with Gasteiger partial charge >= 0.3 is 0 Å². The van der Waals surface area contributed by atoms with Crippen LogP contribution in [-0.4, -0.2) is 0 Å². The first-order chi connectivity index (χ1) is 8.55. The fourth-order valence-electron chi connectivity index (χ4n) is 1.90. The Labute approximate surface area is 118 Å². The van der Waals surface area contributed by atoms with Crippen molar-refractivity contribution < 1.29 is 0 Å². The van der Waals surface area contributed by atoms with Crippen molar-refractivity contribution in [1.82, 2.24) is 0 Å². The number of hydrogen-bond acceptors (Lipinski definition) is 1. The van der Waals surface area contributed by atoms with Crippen LogP contribution in [0.1, 0.15) is 65.2 Å². The maximum atomic E-state index is 8.83. The fourth-order valence-corrected chi connectivity index (χ4v) is 1.90. The van der Waals surface area contributed by atoms with E-state index in [0.717, 1.165) is 11.1 Å². The summed E-state index contributed by atoms with van der Waals surface area (Å²) in [5, 5.41) is 8.83. The minimum Gasteiger partial charge on any atom is -0.193 e. The Morgan fingerprint density at radius 1 is 0.947 bits per heavy atom. The minimum atomic E-state index is 0.114. The zero-order valence-electron chi connectivity index (χ0n) is 13.3. The van der Waals surface area contributed by atoms with Crippen molar-refractivity contribution in [2.45, 2.75) is 59.3 Å². The zero-order valence-corrected chi connectivity index (χ0v) is 13.3. The van der Waals surface area contributed by atoms with Crippen LogP contribution in [0.2, 0.25) is 0 Å². The Morgan fingerprint density at radius 3 is 1.68 bits per heavy atom. The third-order valence-electron chi connectivity index (χ3n) is 3.40. The summed E-state index contributed by atoms with van der Waals surface area (Å²) in [7, 11) is 0. The minimum absolute atomic E-state index is 0.114. The van der Waals surface area contributed by atoms with Crippen LogP contribution in [0.3, 0.4) is 0 Å². The Hall–Kier alpha value is -1.55. The molecule has 1 aromatic rings. The van der Waals surface area contributed by atoms with Crippen LogP contribution in [0.4, 0.5) is 0 Å². The zero-order chi connectivity index (χ0) is 14.8. The molecule has 0 unspecified atom stereocenters. The molecule has 0 spiro atoms. The van der Waals surface area contributed by atoms with E-state index in [0.29, 0.717) is 0 Å². The van der Waals surface area contributed by atoms with Crippen molar-refractivity contribution in [2.24, 2.45) is 0 Å². The predicted molar refractivity (Wildman–Crippen MR) is 83.1 cm³/mol. The fraction of sp³-hybridized carbons (Fsp3) is 0.500. The van der Waals surface area contributed by atoms with E-state index in [1.807, 2.05) is 6.92 Å². The van der Waals surface area contributed by atoms with Gasteiger partial charge in [0.05, 0.1) is 6.07 Å². The van der Waals surface area contributed by atoms with Gasteiger partial charge in [-0.05, 0) is 40.0 Å². The average Bonchev–Trinajstić information content (AvgIpc) is 2.26. The van der Waals surface area contributed by atoms with E-state index in [9.17, 15) is 0 Å². The number of nitriles is 1. The molecule has 0 saturated heterocycles. The van der Waals surface area contributed by atoms with E-state index in [2.05, 4.69) is 65.8 Å². The molecule has 0 N–H and O–H groups in total. The summed E-state index contributed by atoms with van der Waals surface area (Å²) < 4.78 is 0. The Kier molecular flexibility index (Phi) is 4.25. The van der Waals surface area contributed by atoms with Crippen molar-refractivity contribution in [3.05, 3.63) is 41.0 Å². The number of hydrogen-bond donors (Lipinski definition) is 0. The van der Waals surface area contributed by atoms with Crippen LogP contribution < -0.4 is 0 Å². The molecule has 1 rings (SSSR count). The number of allylic oxidation sites excluding steroid dienone is 2. The number of rotatable bonds is 1. The summed E-state index contributed by atoms with van der Waals surface area (Å²) in [6.07, 6.45) is 1.62. The predicted octanol–water partition coefficient (Wildman–Crippen LogP) is 5.21. The lowest BCUT2D eigenvalue weighted by Gasteiger charge is -2.26. The summed E-state index contributed by atoms with van der Waals surface area (Å²) in [6, 6.07) is 8.83. The lowest BCUT2D eigenvalue weighted by Crippen LogP contribution is -2.16. The number of nitrogens with zero attached hydrogens (tertiary/aromatic N) is 1. The Bertz CT molecular complexity index is 496. The van der Waals surface area contributed by atoms with E-state index in [1.165, 1.54) is 11.1 Å². The standard InChI is InChI=1S/C18H25N/c1-13(8-9-19)14-10-15(17(2,3)4)12-16(11-14)18(5,6)7/h8,10-12H,1-7H3. The summed E-state index contributed by atoms with van der Waals surface area (Å²) in [6.45, 7) is 15.3. The Morgan fingerprint density at radius 2 is 1.37 bits per heavy atom. The van der Waals surface area contributed by atoms with E-state index >= 15 is 0 Å². The van der Waals surface area contributed by atoms with E-state index in [4.69, 9.17) is 5.26 Å². The molecular formula is C18H25N. The van der Waals surface area contributed by atoms with Crippen LogP contribution >= 0.6 is 0 Å². The summed E-state index contributed by atoms with van der Waals surface area (Å²) in [5.74, 6) is 0. The quantitative estimate of drug-likeness (QED) is 0.632. The molecule has 0 aliphatic heterocycles. The van der Waals surface area contributed by atoms with Crippen molar-refractivity contribution >= 4 is 5.57 Å². The molecular weight excluding hydrogens is 230 g/mol. The second-order valence-electron chi connectivity index (χ2n) is 7.26. The summed E-state index contributed by atoms with van der Waals surface area (Å²) in [5.41, 5.74) is 5.05. The molecule has 0 aromatic heterocycles. The van der Waals surface area contributed by atoms with Crippen LogP contribution in [0.25, 0.3) is 5.57 Å². The maximum Gasteiger partial charge on any atom is 0.0915 e. The molecule has 0 amide bonds. The summed E-state index contributed by atoms with van der Waals surface area (Å²) >= 11 is 0. The molecule has 0 aliphatic carbocycles. The molecule has 0 heterocycles. The monoisotopic (exact) mass is 255 g/mol. The van der Waals surface area contributed by atoms with Gasteiger partial charge < -0.3 is 0 Å². The number of benzene rings is 1. The van der Waals surface area contributed by atoms with Gasteiger partial charge in [-0.15, -0.1) is 0 Å². The van der Waals surface area contributed by atoms with Gasteiger partial charge in [0.15, 0.2) is 0 Å². The van der Waals surface area contributed by atoms with Crippen molar-refractivity contribution in [1.29, 1.82) is 5.26 Å². The molecule has 0 fully saturated rings. The van der Waals surface area contributed by atoms with E-state index < -0.39 is 0 Å². The molecule has 1 aromatic carbocycles. The van der Waals surface area contributed by atoms with Gasteiger partial charge in [0.25, 0.3) is 0 Å². The molecule has 1 nitrogen and oxygen atoms in total. The molecule has 0 bridgehead atoms.